The van der Waals surface area contributed by atoms with Crippen LogP contribution in [0.1, 0.15) is 17.3 Å². The summed E-state index contributed by atoms with van der Waals surface area (Å²) in [6.45, 7) is 1.21. The Balaban J connectivity index is 1.78. The molecule has 2 aliphatic heterocycles. The van der Waals surface area contributed by atoms with Gasteiger partial charge in [-0.2, -0.15) is 0 Å². The maximum Gasteiger partial charge on any atom is 0.231 e. The summed E-state index contributed by atoms with van der Waals surface area (Å²) in [4.78, 5) is 2.29. The van der Waals surface area contributed by atoms with Crippen molar-refractivity contribution in [2.24, 2.45) is 0 Å². The van der Waals surface area contributed by atoms with Crippen molar-refractivity contribution in [1.82, 2.24) is 4.90 Å². The second-order valence-corrected chi connectivity index (χ2v) is 6.92. The Morgan fingerprint density at radius 3 is 2.79 bits per heavy atom. The number of nitrogens with zero attached hydrogens (tertiary/aromatic N) is 1. The van der Waals surface area contributed by atoms with Gasteiger partial charge in [0.05, 0.1) is 7.11 Å². The van der Waals surface area contributed by atoms with Crippen molar-refractivity contribution >= 4 is 21.6 Å². The normalized spacial score (nSPS) is 19.0. The Kier molecular flexibility index (Phi) is 4.02. The predicted octanol–water partition coefficient (Wildman–Crippen LogP) is 3.79. The van der Waals surface area contributed by atoms with Crippen molar-refractivity contribution in [2.75, 3.05) is 32.8 Å². The van der Waals surface area contributed by atoms with E-state index in [0.717, 1.165) is 40.2 Å². The van der Waals surface area contributed by atoms with Gasteiger partial charge in [0.1, 0.15) is 6.17 Å². The summed E-state index contributed by atoms with van der Waals surface area (Å²) in [5.74, 6) is 2.24. The van der Waals surface area contributed by atoms with Crippen LogP contribution < -0.4 is 19.5 Å². The van der Waals surface area contributed by atoms with E-state index in [9.17, 15) is 0 Å². The fourth-order valence-electron chi connectivity index (χ4n) is 3.32. The highest BCUT2D eigenvalue weighted by atomic mass is 79.9. The lowest BCUT2D eigenvalue weighted by Gasteiger charge is -2.36. The molecule has 5 nitrogen and oxygen atoms in total. The minimum Gasteiger partial charge on any atom is -0.492 e. The van der Waals surface area contributed by atoms with Gasteiger partial charge < -0.3 is 19.5 Å². The zero-order valence-electron chi connectivity index (χ0n) is 13.6. The molecule has 2 heterocycles. The molecular weight excluding hydrogens is 372 g/mol. The molecular formula is C18H19BrN2O3. The van der Waals surface area contributed by atoms with Crippen LogP contribution in [0.5, 0.6) is 17.2 Å². The molecule has 0 saturated carbocycles. The van der Waals surface area contributed by atoms with E-state index in [-0.39, 0.29) is 13.0 Å². The number of fused-ring (bicyclic) bond motifs is 2. The van der Waals surface area contributed by atoms with Crippen molar-refractivity contribution in [1.29, 1.82) is 0 Å². The third-order valence-corrected chi connectivity index (χ3v) is 5.07. The third kappa shape index (κ3) is 2.59. The quantitative estimate of drug-likeness (QED) is 0.863. The minimum atomic E-state index is 0.0133. The number of nitrogens with one attached hydrogen (secondary N) is 1. The molecule has 1 atom stereocenters. The van der Waals surface area contributed by atoms with Crippen LogP contribution in [-0.2, 0) is 6.42 Å². The van der Waals surface area contributed by atoms with Gasteiger partial charge in [-0.15, -0.1) is 0 Å². The van der Waals surface area contributed by atoms with E-state index in [0.29, 0.717) is 5.75 Å². The van der Waals surface area contributed by atoms with Crippen LogP contribution in [0.4, 0.5) is 5.69 Å². The lowest BCUT2D eigenvalue weighted by molar-refractivity contribution is 0.170. The zero-order valence-corrected chi connectivity index (χ0v) is 15.2. The molecule has 0 bridgehead atoms. The average Bonchev–Trinajstić information content (AvgIpc) is 3.05. The van der Waals surface area contributed by atoms with Gasteiger partial charge in [-0.1, -0.05) is 15.9 Å². The van der Waals surface area contributed by atoms with Gasteiger partial charge in [-0.3, -0.25) is 4.90 Å². The molecule has 6 heteroatoms. The SMILES string of the molecule is COc1c2c(cc3c1[C@@H](Nc1ccc(Br)cc1)N(C)CC3)OCO2. The number of hydrogen-bond donors (Lipinski definition) is 1. The largest absolute Gasteiger partial charge is 0.492 e. The van der Waals surface area contributed by atoms with E-state index in [1.165, 1.54) is 5.56 Å². The number of anilines is 1. The molecule has 24 heavy (non-hydrogen) atoms. The van der Waals surface area contributed by atoms with E-state index in [1.807, 2.05) is 12.1 Å². The van der Waals surface area contributed by atoms with E-state index in [2.05, 4.69) is 51.4 Å². The highest BCUT2D eigenvalue weighted by molar-refractivity contribution is 9.10. The molecule has 2 aromatic rings. The molecule has 2 aliphatic rings. The Bertz CT molecular complexity index is 764. The van der Waals surface area contributed by atoms with Crippen LogP contribution in [0, 0.1) is 0 Å². The number of ether oxygens (including phenoxy) is 3. The molecule has 0 aliphatic carbocycles. The standard InChI is InChI=1S/C18H19BrN2O3/c1-21-8-7-11-9-14-16(24-10-23-14)17(22-2)15(11)18(21)20-13-5-3-12(19)4-6-13/h3-6,9,18,20H,7-8,10H2,1-2H3/t18-/m0/s1. The number of halogens is 1. The molecule has 0 unspecified atom stereocenters. The first-order valence-electron chi connectivity index (χ1n) is 7.89. The molecule has 0 saturated heterocycles. The predicted molar refractivity (Wildman–Crippen MR) is 96.0 cm³/mol. The van der Waals surface area contributed by atoms with Gasteiger partial charge in [-0.25, -0.2) is 0 Å². The summed E-state index contributed by atoms with van der Waals surface area (Å²) >= 11 is 3.48. The first-order chi connectivity index (χ1) is 11.7. The number of hydrogen-bond acceptors (Lipinski definition) is 5. The van der Waals surface area contributed by atoms with Gasteiger partial charge >= 0.3 is 0 Å². The Labute approximate surface area is 149 Å². The fraction of sp³-hybridized carbons (Fsp3) is 0.333. The molecule has 2 aromatic carbocycles. The van der Waals surface area contributed by atoms with Crippen molar-refractivity contribution in [2.45, 2.75) is 12.6 Å². The maximum atomic E-state index is 5.71. The van der Waals surface area contributed by atoms with Gasteiger partial charge in [0.25, 0.3) is 0 Å². The molecule has 1 N–H and O–H groups in total. The fourth-order valence-corrected chi connectivity index (χ4v) is 3.58. The van der Waals surface area contributed by atoms with Crippen LogP contribution in [0.15, 0.2) is 34.8 Å². The number of rotatable bonds is 3. The van der Waals surface area contributed by atoms with E-state index < -0.39 is 0 Å². The third-order valence-electron chi connectivity index (χ3n) is 4.54. The minimum absolute atomic E-state index is 0.0133. The van der Waals surface area contributed by atoms with Gasteiger partial charge in [0.15, 0.2) is 11.5 Å². The molecule has 0 fully saturated rings. The summed E-state index contributed by atoms with van der Waals surface area (Å²) in [6, 6.07) is 10.3. The lowest BCUT2D eigenvalue weighted by atomic mass is 9.94. The second kappa shape index (κ2) is 6.18. The Hall–Kier alpha value is -1.92. The van der Waals surface area contributed by atoms with Gasteiger partial charge in [0, 0.05) is 22.3 Å². The summed E-state index contributed by atoms with van der Waals surface area (Å²) in [5.41, 5.74) is 3.42. The van der Waals surface area contributed by atoms with Gasteiger partial charge in [-0.05, 0) is 49.4 Å². The summed E-state index contributed by atoms with van der Waals surface area (Å²) in [6.07, 6.45) is 0.969. The Morgan fingerprint density at radius 1 is 1.25 bits per heavy atom. The van der Waals surface area contributed by atoms with Crippen molar-refractivity contribution in [3.8, 4) is 17.2 Å². The van der Waals surface area contributed by atoms with Crippen LogP contribution in [-0.4, -0.2) is 32.4 Å². The van der Waals surface area contributed by atoms with Crippen LogP contribution in [0.3, 0.4) is 0 Å². The Morgan fingerprint density at radius 2 is 2.04 bits per heavy atom. The molecule has 0 spiro atoms. The molecule has 0 amide bonds. The number of benzene rings is 2. The monoisotopic (exact) mass is 390 g/mol. The van der Waals surface area contributed by atoms with Gasteiger partial charge in [0.2, 0.25) is 12.5 Å². The van der Waals surface area contributed by atoms with Crippen LogP contribution in [0.2, 0.25) is 0 Å². The molecule has 126 valence electrons. The highest BCUT2D eigenvalue weighted by Gasteiger charge is 2.33. The number of likely N-dealkylation sites (N-methyl/N-ethyl adjacent to an activating group) is 1. The summed E-state index contributed by atoms with van der Waals surface area (Å²) < 4.78 is 18.0. The van der Waals surface area contributed by atoms with E-state index in [1.54, 1.807) is 7.11 Å². The topological polar surface area (TPSA) is 43.0 Å². The first kappa shape index (κ1) is 15.6. The van der Waals surface area contributed by atoms with Crippen molar-refractivity contribution in [3.63, 3.8) is 0 Å². The van der Waals surface area contributed by atoms with Crippen LogP contribution in [0.25, 0.3) is 0 Å². The van der Waals surface area contributed by atoms with E-state index in [4.69, 9.17) is 14.2 Å². The highest BCUT2D eigenvalue weighted by Crippen LogP contribution is 2.49. The average molecular weight is 391 g/mol. The molecule has 4 rings (SSSR count). The van der Waals surface area contributed by atoms with Crippen LogP contribution >= 0.6 is 15.9 Å². The molecule has 0 radical (unpaired) electrons. The van der Waals surface area contributed by atoms with E-state index >= 15 is 0 Å². The summed E-state index contributed by atoms with van der Waals surface area (Å²) in [5, 5.41) is 3.61. The lowest BCUT2D eigenvalue weighted by Crippen LogP contribution is -2.37. The number of methoxy groups -OCH3 is 1. The molecule has 0 aromatic heterocycles. The second-order valence-electron chi connectivity index (χ2n) is 6.00. The smallest absolute Gasteiger partial charge is 0.231 e. The van der Waals surface area contributed by atoms with Crippen molar-refractivity contribution < 1.29 is 14.2 Å². The zero-order chi connectivity index (χ0) is 16.7. The maximum absolute atomic E-state index is 5.71. The van der Waals surface area contributed by atoms with Crippen molar-refractivity contribution in [3.05, 3.63) is 45.9 Å². The summed E-state index contributed by atoms with van der Waals surface area (Å²) in [7, 11) is 3.80. The first-order valence-corrected chi connectivity index (χ1v) is 8.68.